The molecule has 0 amide bonds. The van der Waals surface area contributed by atoms with Gasteiger partial charge in [0.15, 0.2) is 0 Å². The van der Waals surface area contributed by atoms with E-state index in [4.69, 9.17) is 5.11 Å². The normalized spacial score (nSPS) is 12.4. The maximum atomic E-state index is 11.7. The van der Waals surface area contributed by atoms with E-state index in [1.165, 1.54) is 18.3 Å². The lowest BCUT2D eigenvalue weighted by Crippen LogP contribution is -2.46. The summed E-state index contributed by atoms with van der Waals surface area (Å²) in [6.07, 6.45) is 1.32. The highest BCUT2D eigenvalue weighted by atomic mass is 32.2. The van der Waals surface area contributed by atoms with Gasteiger partial charge in [-0.25, -0.2) is 9.78 Å². The molecule has 0 aliphatic rings. The quantitative estimate of drug-likeness (QED) is 0.731. The van der Waals surface area contributed by atoms with Crippen molar-refractivity contribution in [3.63, 3.8) is 0 Å². The maximum absolute atomic E-state index is 11.7. The zero-order valence-corrected chi connectivity index (χ0v) is 11.8. The maximum Gasteiger partial charge on any atom is 0.354 e. The second-order valence-corrected chi connectivity index (χ2v) is 6.53. The van der Waals surface area contributed by atoms with Gasteiger partial charge in [0.05, 0.1) is 0 Å². The molecule has 0 aromatic carbocycles. The van der Waals surface area contributed by atoms with E-state index in [0.717, 1.165) is 0 Å². The Morgan fingerprint density at radius 3 is 2.42 bits per heavy atom. The number of hydrogen-bond acceptors (Lipinski definition) is 4. The fourth-order valence-corrected chi connectivity index (χ4v) is 2.51. The second-order valence-electron chi connectivity index (χ2n) is 5.03. The van der Waals surface area contributed by atoms with Crippen LogP contribution in [0.2, 0.25) is 0 Å². The average molecular weight is 287 g/mol. The van der Waals surface area contributed by atoms with Crippen molar-refractivity contribution in [3.05, 3.63) is 29.6 Å². The van der Waals surface area contributed by atoms with E-state index in [2.05, 4.69) is 14.4 Å². The van der Waals surface area contributed by atoms with Gasteiger partial charge >= 0.3 is 5.97 Å². The highest BCUT2D eigenvalue weighted by Crippen LogP contribution is 2.03. The first-order valence-electron chi connectivity index (χ1n) is 5.56. The van der Waals surface area contributed by atoms with E-state index in [9.17, 15) is 13.2 Å². The number of pyridine rings is 1. The molecule has 0 unspecified atom stereocenters. The zero-order valence-electron chi connectivity index (χ0n) is 11.0. The van der Waals surface area contributed by atoms with Crippen molar-refractivity contribution in [3.8, 4) is 0 Å². The minimum absolute atomic E-state index is 0.0400. The van der Waals surface area contributed by atoms with Crippen LogP contribution in [0.25, 0.3) is 0 Å². The molecule has 1 heterocycles. The summed E-state index contributed by atoms with van der Waals surface area (Å²) >= 11 is 0. The third-order valence-corrected chi connectivity index (χ3v) is 3.36. The third kappa shape index (κ3) is 5.77. The molecule has 0 aliphatic carbocycles. The van der Waals surface area contributed by atoms with E-state index in [1.807, 2.05) is 0 Å². The van der Waals surface area contributed by atoms with Crippen molar-refractivity contribution in [2.24, 2.45) is 0 Å². The lowest BCUT2D eigenvalue weighted by atomic mass is 10.1. The Balaban J connectivity index is 2.64. The van der Waals surface area contributed by atoms with Crippen LogP contribution in [0, 0.1) is 0 Å². The van der Waals surface area contributed by atoms with Crippen molar-refractivity contribution in [1.29, 1.82) is 0 Å². The van der Waals surface area contributed by atoms with Gasteiger partial charge in [0.2, 0.25) is 0 Å². The summed E-state index contributed by atoms with van der Waals surface area (Å²) in [7, 11) is -3.61. The molecule has 0 saturated carbocycles. The van der Waals surface area contributed by atoms with Crippen LogP contribution in [0.15, 0.2) is 18.3 Å². The summed E-state index contributed by atoms with van der Waals surface area (Å²) in [4.78, 5) is 14.3. The topological polar surface area (TPSA) is 108 Å². The molecular weight excluding hydrogens is 270 g/mol. The Kier molecular flexibility index (Phi) is 4.61. The number of carboxylic acids is 1. The number of aromatic nitrogens is 1. The van der Waals surface area contributed by atoms with Gasteiger partial charge in [0.25, 0.3) is 10.2 Å². The largest absolute Gasteiger partial charge is 0.477 e. The average Bonchev–Trinajstić information content (AvgIpc) is 2.24. The molecule has 1 aromatic rings. The molecule has 0 spiro atoms. The van der Waals surface area contributed by atoms with E-state index >= 15 is 0 Å². The Labute approximate surface area is 112 Å². The lowest BCUT2D eigenvalue weighted by Gasteiger charge is -2.20. The van der Waals surface area contributed by atoms with Crippen LogP contribution in [0.1, 0.15) is 36.8 Å². The van der Waals surface area contributed by atoms with Crippen LogP contribution >= 0.6 is 0 Å². The molecule has 0 bridgehead atoms. The second kappa shape index (κ2) is 5.64. The predicted molar refractivity (Wildman–Crippen MR) is 69.8 cm³/mol. The number of aromatic carboxylic acids is 1. The third-order valence-electron chi connectivity index (χ3n) is 1.95. The van der Waals surface area contributed by atoms with Gasteiger partial charge in [0.1, 0.15) is 5.69 Å². The molecule has 0 radical (unpaired) electrons. The summed E-state index contributed by atoms with van der Waals surface area (Å²) in [5.74, 6) is -1.12. The van der Waals surface area contributed by atoms with E-state index < -0.39 is 21.7 Å². The van der Waals surface area contributed by atoms with Crippen LogP contribution in [0.4, 0.5) is 0 Å². The summed E-state index contributed by atoms with van der Waals surface area (Å²) in [5.41, 5.74) is -0.0826. The van der Waals surface area contributed by atoms with Crippen molar-refractivity contribution in [2.45, 2.75) is 32.9 Å². The van der Waals surface area contributed by atoms with Crippen molar-refractivity contribution in [2.75, 3.05) is 0 Å². The summed E-state index contributed by atoms with van der Waals surface area (Å²) in [5, 5.41) is 8.68. The van der Waals surface area contributed by atoms with Crippen LogP contribution in [0.5, 0.6) is 0 Å². The summed E-state index contributed by atoms with van der Waals surface area (Å²) < 4.78 is 28.1. The first kappa shape index (κ1) is 15.5. The molecule has 1 aromatic heterocycles. The number of rotatable bonds is 5. The fraction of sp³-hybridized carbons (Fsp3) is 0.455. The monoisotopic (exact) mass is 287 g/mol. The number of nitrogens with one attached hydrogen (secondary N) is 2. The number of carboxylic acid groups (broad SMARTS) is 1. The molecule has 7 nitrogen and oxygen atoms in total. The number of hydrogen-bond donors (Lipinski definition) is 3. The Morgan fingerprint density at radius 2 is 2.00 bits per heavy atom. The molecule has 1 rings (SSSR count). The zero-order chi connectivity index (χ0) is 14.7. The van der Waals surface area contributed by atoms with Crippen molar-refractivity contribution < 1.29 is 18.3 Å². The van der Waals surface area contributed by atoms with E-state index in [0.29, 0.717) is 5.56 Å². The minimum atomic E-state index is -3.61. The van der Waals surface area contributed by atoms with Crippen LogP contribution in [-0.2, 0) is 16.8 Å². The summed E-state index contributed by atoms with van der Waals surface area (Å²) in [6.45, 7) is 5.23. The lowest BCUT2D eigenvalue weighted by molar-refractivity contribution is 0.0690. The number of nitrogens with zero attached hydrogens (tertiary/aromatic N) is 1. The summed E-state index contributed by atoms with van der Waals surface area (Å²) in [6, 6.07) is 2.83. The molecule has 19 heavy (non-hydrogen) atoms. The van der Waals surface area contributed by atoms with E-state index in [1.54, 1.807) is 20.8 Å². The minimum Gasteiger partial charge on any atom is -0.477 e. The molecular formula is C11H17N3O4S. The molecule has 0 fully saturated rings. The molecule has 0 atom stereocenters. The highest BCUT2D eigenvalue weighted by molar-refractivity contribution is 7.87. The van der Waals surface area contributed by atoms with Crippen LogP contribution < -0.4 is 9.44 Å². The molecule has 8 heteroatoms. The first-order chi connectivity index (χ1) is 8.59. The van der Waals surface area contributed by atoms with E-state index in [-0.39, 0.29) is 12.2 Å². The standard InChI is InChI=1S/C11H17N3O4S/c1-11(2,3)14-19(17,18)13-7-8-4-5-9(10(15)16)12-6-8/h4-6,13-14H,7H2,1-3H3,(H,15,16). The highest BCUT2D eigenvalue weighted by Gasteiger charge is 2.19. The smallest absolute Gasteiger partial charge is 0.354 e. The van der Waals surface area contributed by atoms with Gasteiger partial charge in [0, 0.05) is 18.3 Å². The molecule has 0 saturated heterocycles. The Morgan fingerprint density at radius 1 is 1.37 bits per heavy atom. The Bertz CT molecular complexity index is 546. The van der Waals surface area contributed by atoms with Gasteiger partial charge in [-0.05, 0) is 32.4 Å². The van der Waals surface area contributed by atoms with Gasteiger partial charge in [-0.2, -0.15) is 17.9 Å². The van der Waals surface area contributed by atoms with Crippen molar-refractivity contribution >= 4 is 16.2 Å². The molecule has 3 N–H and O–H groups in total. The van der Waals surface area contributed by atoms with Gasteiger partial charge in [-0.1, -0.05) is 6.07 Å². The Hall–Kier alpha value is -1.51. The molecule has 0 aliphatic heterocycles. The van der Waals surface area contributed by atoms with Gasteiger partial charge in [-0.15, -0.1) is 0 Å². The fourth-order valence-electron chi connectivity index (χ4n) is 1.27. The van der Waals surface area contributed by atoms with Gasteiger partial charge < -0.3 is 5.11 Å². The van der Waals surface area contributed by atoms with Crippen LogP contribution in [-0.4, -0.2) is 30.0 Å². The van der Waals surface area contributed by atoms with Crippen molar-refractivity contribution in [1.82, 2.24) is 14.4 Å². The SMILES string of the molecule is CC(C)(C)NS(=O)(=O)NCc1ccc(C(=O)O)nc1. The first-order valence-corrected chi connectivity index (χ1v) is 7.04. The number of carbonyl (C=O) groups is 1. The van der Waals surface area contributed by atoms with Gasteiger partial charge in [-0.3, -0.25) is 0 Å². The predicted octanol–water partition coefficient (Wildman–Crippen LogP) is 0.502. The molecule has 106 valence electrons. The van der Waals surface area contributed by atoms with Crippen LogP contribution in [0.3, 0.4) is 0 Å².